The zero-order valence-electron chi connectivity index (χ0n) is 10.2. The van der Waals surface area contributed by atoms with E-state index in [1.165, 1.54) is 6.42 Å². The van der Waals surface area contributed by atoms with Crippen molar-refractivity contribution in [2.75, 3.05) is 0 Å². The van der Waals surface area contributed by atoms with E-state index >= 15 is 0 Å². The van der Waals surface area contributed by atoms with E-state index in [1.807, 2.05) is 0 Å². The van der Waals surface area contributed by atoms with Crippen molar-refractivity contribution in [1.29, 1.82) is 0 Å². The fourth-order valence-corrected chi connectivity index (χ4v) is 3.63. The molecule has 4 nitrogen and oxygen atoms in total. The van der Waals surface area contributed by atoms with E-state index in [0.717, 1.165) is 51.4 Å². The normalized spacial score (nSPS) is 29.1. The van der Waals surface area contributed by atoms with Crippen molar-refractivity contribution in [2.24, 2.45) is 0 Å². The van der Waals surface area contributed by atoms with Gasteiger partial charge in [-0.1, -0.05) is 32.1 Å². The predicted octanol–water partition coefficient (Wildman–Crippen LogP) is 2.18. The molecule has 1 heterocycles. The molecule has 0 unspecified atom stereocenters. The molecule has 1 N–H and O–H groups in total. The first-order valence-corrected chi connectivity index (χ1v) is 6.89. The summed E-state index contributed by atoms with van der Waals surface area (Å²) in [7, 11) is 0. The van der Waals surface area contributed by atoms with E-state index in [4.69, 9.17) is 0 Å². The van der Waals surface area contributed by atoms with Gasteiger partial charge in [0.15, 0.2) is 0 Å². The molecule has 0 bridgehead atoms. The predicted molar refractivity (Wildman–Crippen MR) is 63.4 cm³/mol. The number of hydrogen-bond acceptors (Lipinski definition) is 2. The Morgan fingerprint density at radius 3 is 2.29 bits per heavy atom. The Labute approximate surface area is 102 Å². The van der Waals surface area contributed by atoms with Crippen LogP contribution in [0.2, 0.25) is 0 Å². The van der Waals surface area contributed by atoms with Crippen LogP contribution in [-0.4, -0.2) is 28.4 Å². The van der Waals surface area contributed by atoms with Crippen LogP contribution in [0.25, 0.3) is 0 Å². The van der Waals surface area contributed by atoms with Gasteiger partial charge in [-0.15, -0.1) is 0 Å². The SMILES string of the molecule is O=C1NC2(CCCCC2)C(=O)N1C1CCCC1. The Hall–Kier alpha value is -1.06. The lowest BCUT2D eigenvalue weighted by molar-refractivity contribution is -0.133. The number of imide groups is 1. The van der Waals surface area contributed by atoms with Gasteiger partial charge >= 0.3 is 6.03 Å². The molecular weight excluding hydrogens is 216 g/mol. The molecule has 1 aliphatic heterocycles. The molecule has 0 radical (unpaired) electrons. The van der Waals surface area contributed by atoms with Crippen molar-refractivity contribution in [1.82, 2.24) is 10.2 Å². The van der Waals surface area contributed by atoms with Crippen molar-refractivity contribution in [3.8, 4) is 0 Å². The molecule has 17 heavy (non-hydrogen) atoms. The number of urea groups is 1. The lowest BCUT2D eigenvalue weighted by Gasteiger charge is -2.31. The Bertz CT molecular complexity index is 341. The summed E-state index contributed by atoms with van der Waals surface area (Å²) in [6.45, 7) is 0. The minimum absolute atomic E-state index is 0.0640. The molecule has 3 rings (SSSR count). The summed E-state index contributed by atoms with van der Waals surface area (Å²) in [5, 5.41) is 2.98. The zero-order valence-corrected chi connectivity index (χ0v) is 10.2. The smallest absolute Gasteiger partial charge is 0.323 e. The van der Waals surface area contributed by atoms with Crippen LogP contribution in [0.1, 0.15) is 57.8 Å². The number of nitrogens with one attached hydrogen (secondary N) is 1. The standard InChI is InChI=1S/C13H20N2O2/c16-11-13(8-4-1-5-9-13)14-12(17)15(11)10-6-2-3-7-10/h10H,1-9H2,(H,14,17). The minimum atomic E-state index is -0.530. The highest BCUT2D eigenvalue weighted by atomic mass is 16.2. The van der Waals surface area contributed by atoms with E-state index in [-0.39, 0.29) is 18.0 Å². The molecule has 94 valence electrons. The van der Waals surface area contributed by atoms with Crippen molar-refractivity contribution >= 4 is 11.9 Å². The van der Waals surface area contributed by atoms with Gasteiger partial charge in [0.25, 0.3) is 5.91 Å². The fourth-order valence-electron chi connectivity index (χ4n) is 3.63. The summed E-state index contributed by atoms with van der Waals surface area (Å²) >= 11 is 0. The van der Waals surface area contributed by atoms with E-state index in [9.17, 15) is 9.59 Å². The van der Waals surface area contributed by atoms with Crippen LogP contribution in [0.3, 0.4) is 0 Å². The maximum atomic E-state index is 12.5. The number of amides is 3. The highest BCUT2D eigenvalue weighted by Gasteiger charge is 2.53. The Morgan fingerprint density at radius 1 is 1.00 bits per heavy atom. The fraction of sp³-hybridized carbons (Fsp3) is 0.846. The number of rotatable bonds is 1. The van der Waals surface area contributed by atoms with Crippen LogP contribution >= 0.6 is 0 Å². The second-order valence-corrected chi connectivity index (χ2v) is 5.69. The van der Waals surface area contributed by atoms with Crippen LogP contribution in [0, 0.1) is 0 Å². The number of hydrogen-bond donors (Lipinski definition) is 1. The summed E-state index contributed by atoms with van der Waals surface area (Å²) in [5.74, 6) is 0.0640. The molecule has 1 spiro atoms. The summed E-state index contributed by atoms with van der Waals surface area (Å²) in [5.41, 5.74) is -0.530. The van der Waals surface area contributed by atoms with Crippen LogP contribution in [0.4, 0.5) is 4.79 Å². The number of carbonyl (C=O) groups is 2. The maximum Gasteiger partial charge on any atom is 0.325 e. The molecule has 0 atom stereocenters. The van der Waals surface area contributed by atoms with Gasteiger partial charge in [0, 0.05) is 6.04 Å². The molecule has 0 aromatic rings. The number of carbonyl (C=O) groups excluding carboxylic acids is 2. The van der Waals surface area contributed by atoms with Crippen molar-refractivity contribution in [3.05, 3.63) is 0 Å². The second-order valence-electron chi connectivity index (χ2n) is 5.69. The molecule has 0 aromatic heterocycles. The van der Waals surface area contributed by atoms with E-state index in [1.54, 1.807) is 4.90 Å². The van der Waals surface area contributed by atoms with Crippen LogP contribution in [0.15, 0.2) is 0 Å². The van der Waals surface area contributed by atoms with Crippen molar-refractivity contribution in [3.63, 3.8) is 0 Å². The van der Waals surface area contributed by atoms with Gasteiger partial charge in [-0.3, -0.25) is 9.69 Å². The molecule has 3 aliphatic rings. The topological polar surface area (TPSA) is 49.4 Å². The summed E-state index contributed by atoms with van der Waals surface area (Å²) in [4.78, 5) is 26.1. The Morgan fingerprint density at radius 2 is 1.65 bits per heavy atom. The summed E-state index contributed by atoms with van der Waals surface area (Å²) in [6, 6.07) is 0.0348. The van der Waals surface area contributed by atoms with Gasteiger partial charge in [-0.05, 0) is 25.7 Å². The molecule has 3 amide bonds. The van der Waals surface area contributed by atoms with Gasteiger partial charge in [0.05, 0.1) is 0 Å². The van der Waals surface area contributed by atoms with Crippen LogP contribution < -0.4 is 5.32 Å². The molecule has 2 aliphatic carbocycles. The first-order valence-electron chi connectivity index (χ1n) is 6.89. The summed E-state index contributed by atoms with van der Waals surface area (Å²) < 4.78 is 0. The minimum Gasteiger partial charge on any atom is -0.323 e. The first kappa shape index (κ1) is 11.1. The van der Waals surface area contributed by atoms with Gasteiger partial charge in [0.2, 0.25) is 0 Å². The highest BCUT2D eigenvalue weighted by molar-refractivity contribution is 6.07. The third-order valence-corrected chi connectivity index (χ3v) is 4.59. The van der Waals surface area contributed by atoms with Gasteiger partial charge in [-0.2, -0.15) is 0 Å². The first-order chi connectivity index (χ1) is 8.23. The highest BCUT2D eigenvalue weighted by Crippen LogP contribution is 2.36. The van der Waals surface area contributed by atoms with E-state index in [0.29, 0.717) is 0 Å². The molecule has 0 aromatic carbocycles. The molecular formula is C13H20N2O2. The maximum absolute atomic E-state index is 12.5. The quantitative estimate of drug-likeness (QED) is 0.709. The summed E-state index contributed by atoms with van der Waals surface area (Å²) in [6.07, 6.45) is 9.26. The van der Waals surface area contributed by atoms with Crippen molar-refractivity contribution in [2.45, 2.75) is 69.4 Å². The van der Waals surface area contributed by atoms with Gasteiger partial charge in [-0.25, -0.2) is 4.79 Å². The van der Waals surface area contributed by atoms with Gasteiger partial charge in [0.1, 0.15) is 5.54 Å². The third-order valence-electron chi connectivity index (χ3n) is 4.59. The average molecular weight is 236 g/mol. The lowest BCUT2D eigenvalue weighted by Crippen LogP contribution is -2.49. The molecule has 4 heteroatoms. The average Bonchev–Trinajstić information content (AvgIpc) is 2.90. The van der Waals surface area contributed by atoms with Crippen LogP contribution in [-0.2, 0) is 4.79 Å². The largest absolute Gasteiger partial charge is 0.325 e. The van der Waals surface area contributed by atoms with E-state index in [2.05, 4.69) is 5.32 Å². The van der Waals surface area contributed by atoms with Crippen LogP contribution in [0.5, 0.6) is 0 Å². The number of nitrogens with zero attached hydrogens (tertiary/aromatic N) is 1. The molecule has 3 fully saturated rings. The van der Waals surface area contributed by atoms with Gasteiger partial charge < -0.3 is 5.32 Å². The lowest BCUT2D eigenvalue weighted by atomic mass is 9.81. The Balaban J connectivity index is 1.82. The molecule has 2 saturated carbocycles. The van der Waals surface area contributed by atoms with E-state index < -0.39 is 5.54 Å². The zero-order chi connectivity index (χ0) is 11.9. The third kappa shape index (κ3) is 1.65. The van der Waals surface area contributed by atoms with Crippen molar-refractivity contribution < 1.29 is 9.59 Å². The Kier molecular flexibility index (Phi) is 2.60. The monoisotopic (exact) mass is 236 g/mol. The molecule has 1 saturated heterocycles. The second kappa shape index (κ2) is 4.00.